The molecule has 2 heteroatoms. The Morgan fingerprint density at radius 1 is 1.25 bits per heavy atom. The summed E-state index contributed by atoms with van der Waals surface area (Å²) in [5.41, 5.74) is 1.11. The lowest BCUT2D eigenvalue weighted by molar-refractivity contribution is -0.117. The van der Waals surface area contributed by atoms with Crippen LogP contribution in [0, 0.1) is 0 Å². The molecule has 0 saturated heterocycles. The molecule has 1 amide bonds. The summed E-state index contributed by atoms with van der Waals surface area (Å²) in [6, 6.07) is 9.93. The van der Waals surface area contributed by atoms with Crippen molar-refractivity contribution in [2.45, 2.75) is 19.9 Å². The molecule has 0 aliphatic heterocycles. The molecule has 0 aromatic heterocycles. The Morgan fingerprint density at radius 3 is 2.56 bits per heavy atom. The van der Waals surface area contributed by atoms with Gasteiger partial charge in [0.05, 0.1) is 6.04 Å². The van der Waals surface area contributed by atoms with Crippen molar-refractivity contribution in [3.05, 3.63) is 60.2 Å². The van der Waals surface area contributed by atoms with Crippen molar-refractivity contribution >= 4 is 5.91 Å². The third kappa shape index (κ3) is 4.13. The van der Waals surface area contributed by atoms with E-state index < -0.39 is 0 Å². The highest BCUT2D eigenvalue weighted by Gasteiger charge is 2.05. The maximum Gasteiger partial charge on any atom is 0.244 e. The average molecular weight is 215 g/mol. The second-order valence-corrected chi connectivity index (χ2v) is 3.53. The number of amides is 1. The lowest BCUT2D eigenvalue weighted by Crippen LogP contribution is -2.24. The first-order valence-corrected chi connectivity index (χ1v) is 5.39. The Hall–Kier alpha value is -1.83. The van der Waals surface area contributed by atoms with Crippen LogP contribution >= 0.6 is 0 Å². The van der Waals surface area contributed by atoms with Crippen LogP contribution in [0.4, 0.5) is 0 Å². The molecule has 0 fully saturated rings. The average Bonchev–Trinajstić information content (AvgIpc) is 2.30. The zero-order valence-electron chi connectivity index (χ0n) is 9.68. The Kier molecular flexibility index (Phi) is 5.06. The summed E-state index contributed by atoms with van der Waals surface area (Å²) in [7, 11) is 0. The molecule has 0 aliphatic rings. The minimum absolute atomic E-state index is 0.0314. The van der Waals surface area contributed by atoms with E-state index in [1.54, 1.807) is 6.08 Å². The lowest BCUT2D eigenvalue weighted by atomic mass is 10.1. The van der Waals surface area contributed by atoms with E-state index in [0.29, 0.717) is 0 Å². The molecule has 84 valence electrons. The van der Waals surface area contributed by atoms with Gasteiger partial charge in [-0.25, -0.2) is 0 Å². The quantitative estimate of drug-likeness (QED) is 0.607. The number of carbonyl (C=O) groups is 1. The minimum Gasteiger partial charge on any atom is -0.346 e. The Morgan fingerprint density at radius 2 is 1.94 bits per heavy atom. The molecule has 0 aliphatic carbocycles. The van der Waals surface area contributed by atoms with Crippen LogP contribution in [0.25, 0.3) is 0 Å². The van der Waals surface area contributed by atoms with Crippen molar-refractivity contribution in [3.8, 4) is 0 Å². The number of rotatable bonds is 4. The fraction of sp³-hybridized carbons (Fsp3) is 0.214. The summed E-state index contributed by atoms with van der Waals surface area (Å²) in [4.78, 5) is 11.5. The third-order valence-electron chi connectivity index (χ3n) is 2.21. The number of hydrogen-bond acceptors (Lipinski definition) is 1. The molecule has 1 aromatic rings. The van der Waals surface area contributed by atoms with Gasteiger partial charge in [0.1, 0.15) is 0 Å². The molecule has 0 radical (unpaired) electrons. The van der Waals surface area contributed by atoms with Crippen LogP contribution in [0.15, 0.2) is 54.6 Å². The molecule has 16 heavy (non-hydrogen) atoms. The van der Waals surface area contributed by atoms with Crippen LogP contribution in [0.5, 0.6) is 0 Å². The van der Waals surface area contributed by atoms with E-state index in [0.717, 1.165) is 5.56 Å². The number of allylic oxidation sites excluding steroid dienone is 3. The van der Waals surface area contributed by atoms with E-state index in [-0.39, 0.29) is 11.9 Å². The van der Waals surface area contributed by atoms with Crippen molar-refractivity contribution in [2.75, 3.05) is 0 Å². The zero-order valence-corrected chi connectivity index (χ0v) is 9.68. The summed E-state index contributed by atoms with van der Waals surface area (Å²) in [6.45, 7) is 3.88. The highest BCUT2D eigenvalue weighted by Crippen LogP contribution is 2.10. The molecule has 0 bridgehead atoms. The monoisotopic (exact) mass is 215 g/mol. The Balaban J connectivity index is 2.52. The normalized spacial score (nSPS) is 13.1. The molecule has 0 spiro atoms. The largest absolute Gasteiger partial charge is 0.346 e. The van der Waals surface area contributed by atoms with Crippen molar-refractivity contribution in [1.29, 1.82) is 0 Å². The van der Waals surface area contributed by atoms with Crippen LogP contribution < -0.4 is 5.32 Å². The lowest BCUT2D eigenvalue weighted by Gasteiger charge is -2.12. The van der Waals surface area contributed by atoms with Gasteiger partial charge in [-0.05, 0) is 19.4 Å². The molecule has 0 saturated carbocycles. The van der Waals surface area contributed by atoms with Crippen LogP contribution in [0.1, 0.15) is 25.5 Å². The van der Waals surface area contributed by atoms with E-state index in [4.69, 9.17) is 0 Å². The van der Waals surface area contributed by atoms with Gasteiger partial charge in [-0.3, -0.25) is 4.79 Å². The highest BCUT2D eigenvalue weighted by molar-refractivity contribution is 5.88. The first kappa shape index (κ1) is 12.2. The van der Waals surface area contributed by atoms with Crippen LogP contribution in [-0.4, -0.2) is 5.91 Å². The summed E-state index contributed by atoms with van der Waals surface area (Å²) in [5.74, 6) is -0.0746. The van der Waals surface area contributed by atoms with Crippen molar-refractivity contribution in [3.63, 3.8) is 0 Å². The summed E-state index contributed by atoms with van der Waals surface area (Å²) >= 11 is 0. The van der Waals surface area contributed by atoms with Gasteiger partial charge in [0.15, 0.2) is 0 Å². The summed E-state index contributed by atoms with van der Waals surface area (Å²) < 4.78 is 0. The van der Waals surface area contributed by atoms with E-state index in [2.05, 4.69) is 5.32 Å². The fourth-order valence-electron chi connectivity index (χ4n) is 1.34. The van der Waals surface area contributed by atoms with Crippen molar-refractivity contribution < 1.29 is 4.79 Å². The van der Waals surface area contributed by atoms with Gasteiger partial charge < -0.3 is 5.32 Å². The summed E-state index contributed by atoms with van der Waals surface area (Å²) in [6.07, 6.45) is 6.96. The Labute approximate surface area is 96.7 Å². The van der Waals surface area contributed by atoms with Gasteiger partial charge in [0.25, 0.3) is 0 Å². The SMILES string of the molecule is C/C=C/C=CC(=O)NC(C)c1ccccc1. The second kappa shape index (κ2) is 6.62. The van der Waals surface area contributed by atoms with E-state index >= 15 is 0 Å². The number of hydrogen-bond donors (Lipinski definition) is 1. The van der Waals surface area contributed by atoms with Crippen molar-refractivity contribution in [2.24, 2.45) is 0 Å². The Bertz CT molecular complexity index is 379. The fourth-order valence-corrected chi connectivity index (χ4v) is 1.34. The number of benzene rings is 1. The summed E-state index contributed by atoms with van der Waals surface area (Å²) in [5, 5.41) is 2.90. The van der Waals surface area contributed by atoms with Gasteiger partial charge in [-0.15, -0.1) is 0 Å². The van der Waals surface area contributed by atoms with Crippen molar-refractivity contribution in [1.82, 2.24) is 5.32 Å². The van der Waals surface area contributed by atoms with Gasteiger partial charge in [-0.1, -0.05) is 48.6 Å². The van der Waals surface area contributed by atoms with Gasteiger partial charge in [-0.2, -0.15) is 0 Å². The molecule has 1 aromatic carbocycles. The molecule has 1 unspecified atom stereocenters. The smallest absolute Gasteiger partial charge is 0.244 e. The zero-order chi connectivity index (χ0) is 11.8. The topological polar surface area (TPSA) is 29.1 Å². The maximum atomic E-state index is 11.5. The molecule has 0 heterocycles. The third-order valence-corrected chi connectivity index (χ3v) is 2.21. The highest BCUT2D eigenvalue weighted by atomic mass is 16.1. The van der Waals surface area contributed by atoms with Crippen LogP contribution in [0.3, 0.4) is 0 Å². The van der Waals surface area contributed by atoms with Gasteiger partial charge in [0, 0.05) is 6.08 Å². The standard InChI is InChI=1S/C14H17NO/c1-3-4-6-11-14(16)15-12(2)13-9-7-5-8-10-13/h3-12H,1-2H3,(H,15,16)/b4-3+,11-6?. The number of carbonyl (C=O) groups excluding carboxylic acids is 1. The molecular weight excluding hydrogens is 198 g/mol. The molecular formula is C14H17NO. The molecule has 1 atom stereocenters. The predicted octanol–water partition coefficient (Wildman–Crippen LogP) is 3.00. The van der Waals surface area contributed by atoms with Crippen LogP contribution in [-0.2, 0) is 4.79 Å². The van der Waals surface area contributed by atoms with Gasteiger partial charge in [0.2, 0.25) is 5.91 Å². The predicted molar refractivity (Wildman–Crippen MR) is 67.0 cm³/mol. The molecule has 2 nitrogen and oxygen atoms in total. The minimum atomic E-state index is -0.0746. The van der Waals surface area contributed by atoms with Crippen LogP contribution in [0.2, 0.25) is 0 Å². The maximum absolute atomic E-state index is 11.5. The van der Waals surface area contributed by atoms with Gasteiger partial charge >= 0.3 is 0 Å². The first-order chi connectivity index (χ1) is 7.74. The number of nitrogens with one attached hydrogen (secondary N) is 1. The molecule has 1 rings (SSSR count). The molecule has 1 N–H and O–H groups in total. The first-order valence-electron chi connectivity index (χ1n) is 5.39. The van der Waals surface area contributed by atoms with E-state index in [9.17, 15) is 4.79 Å². The van der Waals surface area contributed by atoms with E-state index in [1.807, 2.05) is 56.3 Å². The second-order valence-electron chi connectivity index (χ2n) is 3.53. The van der Waals surface area contributed by atoms with E-state index in [1.165, 1.54) is 6.08 Å².